The number of carbonyl (C=O) groups is 1. The van der Waals surface area contributed by atoms with Gasteiger partial charge in [-0.1, -0.05) is 6.07 Å². The van der Waals surface area contributed by atoms with E-state index in [4.69, 9.17) is 4.74 Å². The number of aromatic nitrogens is 2. The molecule has 2 aliphatic rings. The number of benzene rings is 1. The van der Waals surface area contributed by atoms with Crippen molar-refractivity contribution < 1.29 is 9.53 Å². The molecule has 0 spiro atoms. The summed E-state index contributed by atoms with van der Waals surface area (Å²) in [5.41, 5.74) is 2.48. The molecule has 1 atom stereocenters. The van der Waals surface area contributed by atoms with Crippen LogP contribution in [0.5, 0.6) is 5.75 Å². The fourth-order valence-electron chi connectivity index (χ4n) is 3.17. The fraction of sp³-hybridized carbons (Fsp3) is 0.412. The van der Waals surface area contributed by atoms with Crippen molar-refractivity contribution in [1.82, 2.24) is 14.5 Å². The third-order valence-corrected chi connectivity index (χ3v) is 5.60. The van der Waals surface area contributed by atoms with Crippen LogP contribution in [0.15, 0.2) is 36.9 Å². The predicted molar refractivity (Wildman–Crippen MR) is 89.4 cm³/mol. The van der Waals surface area contributed by atoms with Crippen molar-refractivity contribution in [3.63, 3.8) is 0 Å². The van der Waals surface area contributed by atoms with Crippen molar-refractivity contribution in [2.45, 2.75) is 24.8 Å². The Morgan fingerprint density at radius 2 is 2.30 bits per heavy atom. The van der Waals surface area contributed by atoms with Gasteiger partial charge in [0.25, 0.3) is 0 Å². The number of ether oxygens (including phenoxy) is 1. The summed E-state index contributed by atoms with van der Waals surface area (Å²) in [6.45, 7) is 2.44. The van der Waals surface area contributed by atoms with Gasteiger partial charge in [0.15, 0.2) is 0 Å². The third kappa shape index (κ3) is 2.95. The summed E-state index contributed by atoms with van der Waals surface area (Å²) in [5.74, 6) is 1.81. The Bertz CT molecular complexity index is 702. The lowest BCUT2D eigenvalue weighted by atomic mass is 10.1. The molecule has 120 valence electrons. The van der Waals surface area contributed by atoms with Crippen molar-refractivity contribution >= 4 is 17.7 Å². The predicted octanol–water partition coefficient (Wildman–Crippen LogP) is 2.48. The summed E-state index contributed by atoms with van der Waals surface area (Å²) in [4.78, 5) is 18.3. The Morgan fingerprint density at radius 1 is 1.35 bits per heavy atom. The van der Waals surface area contributed by atoms with Gasteiger partial charge < -0.3 is 14.2 Å². The third-order valence-electron chi connectivity index (χ3n) is 4.34. The summed E-state index contributed by atoms with van der Waals surface area (Å²) >= 11 is 1.72. The number of rotatable bonds is 5. The number of carbonyl (C=O) groups excluding carboxylic acids is 1. The first-order chi connectivity index (χ1) is 11.3. The number of hydrogen-bond acceptors (Lipinski definition) is 4. The van der Waals surface area contributed by atoms with Gasteiger partial charge in [0.05, 0.1) is 18.7 Å². The second-order valence-electron chi connectivity index (χ2n) is 5.87. The molecule has 0 saturated carbocycles. The molecule has 1 saturated heterocycles. The number of fused-ring (bicyclic) bond motifs is 1. The van der Waals surface area contributed by atoms with E-state index in [9.17, 15) is 4.79 Å². The fourth-order valence-corrected chi connectivity index (χ4v) is 4.38. The van der Waals surface area contributed by atoms with Crippen molar-refractivity contribution in [3.8, 4) is 5.75 Å². The molecule has 0 aliphatic carbocycles. The highest BCUT2D eigenvalue weighted by molar-refractivity contribution is 8.00. The molecule has 0 radical (unpaired) electrons. The van der Waals surface area contributed by atoms with Gasteiger partial charge in [-0.05, 0) is 29.7 Å². The maximum absolute atomic E-state index is 12.2. The van der Waals surface area contributed by atoms with E-state index in [-0.39, 0.29) is 11.3 Å². The van der Waals surface area contributed by atoms with Gasteiger partial charge in [-0.2, -0.15) is 0 Å². The maximum atomic E-state index is 12.2. The molecular formula is C17H19N3O2S. The second kappa shape index (κ2) is 6.28. The van der Waals surface area contributed by atoms with E-state index in [1.807, 2.05) is 23.5 Å². The van der Waals surface area contributed by atoms with Crippen molar-refractivity contribution in [2.24, 2.45) is 0 Å². The van der Waals surface area contributed by atoms with Crippen molar-refractivity contribution in [3.05, 3.63) is 48.0 Å². The lowest BCUT2D eigenvalue weighted by Gasteiger charge is -2.24. The van der Waals surface area contributed by atoms with Gasteiger partial charge in [0, 0.05) is 31.9 Å². The van der Waals surface area contributed by atoms with Crippen LogP contribution in [0.4, 0.5) is 0 Å². The van der Waals surface area contributed by atoms with Crippen molar-refractivity contribution in [2.75, 3.05) is 18.9 Å². The summed E-state index contributed by atoms with van der Waals surface area (Å²) in [6, 6.07) is 6.36. The molecule has 4 rings (SSSR count). The highest BCUT2D eigenvalue weighted by atomic mass is 32.2. The highest BCUT2D eigenvalue weighted by Gasteiger charge is 2.32. The molecule has 3 heterocycles. The topological polar surface area (TPSA) is 47.4 Å². The first kappa shape index (κ1) is 14.6. The van der Waals surface area contributed by atoms with Crippen molar-refractivity contribution in [1.29, 1.82) is 0 Å². The highest BCUT2D eigenvalue weighted by Crippen LogP contribution is 2.40. The Labute approximate surface area is 139 Å². The molecule has 1 unspecified atom stereocenters. The molecule has 1 amide bonds. The SMILES string of the molecule is O=C1CSC(c2ccc3c(c2)CCO3)N1CCCn1ccnc1. The molecule has 2 aromatic rings. The van der Waals surface area contributed by atoms with E-state index in [0.29, 0.717) is 5.75 Å². The zero-order chi connectivity index (χ0) is 15.6. The van der Waals surface area contributed by atoms with Gasteiger partial charge in [0.2, 0.25) is 5.91 Å². The average molecular weight is 329 g/mol. The molecule has 1 aromatic heterocycles. The summed E-state index contributed by atoms with van der Waals surface area (Å²) in [7, 11) is 0. The van der Waals surface area contributed by atoms with E-state index < -0.39 is 0 Å². The van der Waals surface area contributed by atoms with Gasteiger partial charge >= 0.3 is 0 Å². The lowest BCUT2D eigenvalue weighted by molar-refractivity contribution is -0.128. The van der Waals surface area contributed by atoms with Crippen LogP contribution in [0.2, 0.25) is 0 Å². The largest absolute Gasteiger partial charge is 0.493 e. The van der Waals surface area contributed by atoms with Gasteiger partial charge in [-0.3, -0.25) is 4.79 Å². The minimum atomic E-state index is 0.135. The first-order valence-corrected chi connectivity index (χ1v) is 8.98. The quantitative estimate of drug-likeness (QED) is 0.845. The minimum Gasteiger partial charge on any atom is -0.493 e. The molecule has 23 heavy (non-hydrogen) atoms. The van der Waals surface area contributed by atoms with Gasteiger partial charge in [-0.15, -0.1) is 11.8 Å². The summed E-state index contributed by atoms with van der Waals surface area (Å²) in [6.07, 6.45) is 7.46. The molecule has 0 bridgehead atoms. The number of aryl methyl sites for hydroxylation is 1. The van der Waals surface area contributed by atoms with E-state index in [0.717, 1.165) is 38.3 Å². The maximum Gasteiger partial charge on any atom is 0.233 e. The minimum absolute atomic E-state index is 0.135. The van der Waals surface area contributed by atoms with Crippen LogP contribution in [0.1, 0.15) is 22.9 Å². The van der Waals surface area contributed by atoms with Gasteiger partial charge in [-0.25, -0.2) is 4.98 Å². The number of nitrogens with zero attached hydrogens (tertiary/aromatic N) is 3. The lowest BCUT2D eigenvalue weighted by Crippen LogP contribution is -2.29. The normalized spacial score (nSPS) is 19.9. The standard InChI is InChI=1S/C17H19N3O2S/c21-16-11-23-17(14-2-3-15-13(10-14)4-9-22-15)20(16)7-1-6-19-8-5-18-12-19/h2-3,5,8,10,12,17H,1,4,6-7,9,11H2. The number of hydrogen-bond donors (Lipinski definition) is 0. The molecule has 6 heteroatoms. The van der Waals surface area contributed by atoms with Crippen LogP contribution >= 0.6 is 11.8 Å². The van der Waals surface area contributed by atoms with Crippen LogP contribution < -0.4 is 4.74 Å². The van der Waals surface area contributed by atoms with Crippen LogP contribution in [0.25, 0.3) is 0 Å². The Balaban J connectivity index is 1.45. The number of amides is 1. The second-order valence-corrected chi connectivity index (χ2v) is 6.94. The molecule has 2 aliphatic heterocycles. The summed E-state index contributed by atoms with van der Waals surface area (Å²) < 4.78 is 7.63. The molecule has 1 fully saturated rings. The van der Waals surface area contributed by atoms with E-state index in [2.05, 4.69) is 21.7 Å². The average Bonchev–Trinajstić information content (AvgIpc) is 3.28. The van der Waals surface area contributed by atoms with E-state index in [1.165, 1.54) is 11.1 Å². The van der Waals surface area contributed by atoms with E-state index in [1.54, 1.807) is 18.0 Å². The van der Waals surface area contributed by atoms with Crippen LogP contribution in [0.3, 0.4) is 0 Å². The molecular weight excluding hydrogens is 310 g/mol. The van der Waals surface area contributed by atoms with Crippen LogP contribution in [0, 0.1) is 0 Å². The smallest absolute Gasteiger partial charge is 0.233 e. The first-order valence-electron chi connectivity index (χ1n) is 7.94. The Morgan fingerprint density at radius 3 is 3.17 bits per heavy atom. The Hall–Kier alpha value is -1.95. The zero-order valence-electron chi connectivity index (χ0n) is 12.9. The Kier molecular flexibility index (Phi) is 3.99. The molecule has 0 N–H and O–H groups in total. The number of imidazole rings is 1. The molecule has 5 nitrogen and oxygen atoms in total. The molecule has 1 aromatic carbocycles. The zero-order valence-corrected chi connectivity index (χ0v) is 13.7. The van der Waals surface area contributed by atoms with E-state index >= 15 is 0 Å². The monoisotopic (exact) mass is 329 g/mol. The van der Waals surface area contributed by atoms with Crippen LogP contribution in [-0.2, 0) is 17.8 Å². The van der Waals surface area contributed by atoms with Gasteiger partial charge in [0.1, 0.15) is 11.1 Å². The van der Waals surface area contributed by atoms with Crippen LogP contribution in [-0.4, -0.2) is 39.3 Å². The number of thioether (sulfide) groups is 1. The summed E-state index contributed by atoms with van der Waals surface area (Å²) in [5, 5.41) is 0.135.